The van der Waals surface area contributed by atoms with Gasteiger partial charge in [-0.1, -0.05) is 36.4 Å². The molecule has 0 amide bonds. The van der Waals surface area contributed by atoms with Gasteiger partial charge >= 0.3 is 0 Å². The van der Waals surface area contributed by atoms with E-state index in [2.05, 4.69) is 82.7 Å². The van der Waals surface area contributed by atoms with E-state index in [0.717, 1.165) is 49.8 Å². The van der Waals surface area contributed by atoms with Gasteiger partial charge in [-0.05, 0) is 54.8 Å². The van der Waals surface area contributed by atoms with E-state index in [9.17, 15) is 5.11 Å². The molecule has 3 heterocycles. The highest BCUT2D eigenvalue weighted by molar-refractivity contribution is 5.95. The Kier molecular flexibility index (Phi) is 5.30. The van der Waals surface area contributed by atoms with Crippen LogP contribution in [0, 0.1) is 6.92 Å². The molecule has 160 valence electrons. The standard InChI is InChI=1S/C26H30N4O/c1-18-6-3-4-7-22(18)24-15-28-26-23(24)12-21(14-27-26)19-8-9-20(25(31)13-19)16-30-11-5-10-29(2)17-30/h3-4,6-9,12-13,15,27-28,31H,5,10-11,14,16-17H2,1-2H3. The topological polar surface area (TPSA) is 54.5 Å². The van der Waals surface area contributed by atoms with E-state index in [1.807, 2.05) is 6.07 Å². The molecule has 3 aromatic rings. The maximum atomic E-state index is 10.7. The average molecular weight is 415 g/mol. The second-order valence-electron chi connectivity index (χ2n) is 8.80. The lowest BCUT2D eigenvalue weighted by Gasteiger charge is -2.33. The molecule has 2 aliphatic rings. The van der Waals surface area contributed by atoms with Crippen molar-refractivity contribution in [3.05, 3.63) is 70.9 Å². The summed E-state index contributed by atoms with van der Waals surface area (Å²) in [6.45, 7) is 6.84. The maximum absolute atomic E-state index is 10.7. The van der Waals surface area contributed by atoms with Gasteiger partial charge in [-0.2, -0.15) is 0 Å². The van der Waals surface area contributed by atoms with E-state index in [4.69, 9.17) is 0 Å². The van der Waals surface area contributed by atoms with Crippen molar-refractivity contribution in [1.82, 2.24) is 14.8 Å². The third-order valence-corrected chi connectivity index (χ3v) is 6.44. The second-order valence-corrected chi connectivity index (χ2v) is 8.80. The van der Waals surface area contributed by atoms with Crippen molar-refractivity contribution in [3.8, 4) is 16.9 Å². The SMILES string of the molecule is Cc1ccccc1-c1c[nH]c2c1C=C(c1ccc(CN3CCCN(C)C3)c(O)c1)CN2. The smallest absolute Gasteiger partial charge is 0.120 e. The molecule has 0 aliphatic carbocycles. The number of phenolic OH excluding ortho intramolecular Hbond substituents is 1. The van der Waals surface area contributed by atoms with Crippen molar-refractivity contribution < 1.29 is 5.11 Å². The molecule has 0 unspecified atom stereocenters. The lowest BCUT2D eigenvalue weighted by Crippen LogP contribution is -2.42. The number of nitrogens with one attached hydrogen (secondary N) is 2. The van der Waals surface area contributed by atoms with Crippen LogP contribution in [-0.2, 0) is 6.54 Å². The number of rotatable bonds is 4. The van der Waals surface area contributed by atoms with Gasteiger partial charge in [0.15, 0.2) is 0 Å². The summed E-state index contributed by atoms with van der Waals surface area (Å²) in [5.74, 6) is 1.43. The van der Waals surface area contributed by atoms with Crippen LogP contribution in [0.3, 0.4) is 0 Å². The number of aromatic hydroxyl groups is 1. The highest BCUT2D eigenvalue weighted by atomic mass is 16.3. The van der Waals surface area contributed by atoms with Crippen LogP contribution in [0.4, 0.5) is 5.82 Å². The molecule has 5 nitrogen and oxygen atoms in total. The Labute approximate surface area is 184 Å². The van der Waals surface area contributed by atoms with E-state index in [1.165, 1.54) is 34.2 Å². The zero-order valence-electron chi connectivity index (χ0n) is 18.3. The molecule has 1 fully saturated rings. The lowest BCUT2D eigenvalue weighted by molar-refractivity contribution is 0.101. The molecule has 2 aliphatic heterocycles. The van der Waals surface area contributed by atoms with E-state index >= 15 is 0 Å². The fourth-order valence-electron chi connectivity index (χ4n) is 4.74. The fourth-order valence-corrected chi connectivity index (χ4v) is 4.74. The molecule has 0 bridgehead atoms. The minimum absolute atomic E-state index is 0.380. The normalized spacial score (nSPS) is 17.2. The van der Waals surface area contributed by atoms with Gasteiger partial charge in [0, 0.05) is 49.1 Å². The Balaban J connectivity index is 1.42. The van der Waals surface area contributed by atoms with Crippen LogP contribution in [0.25, 0.3) is 22.8 Å². The first-order valence-corrected chi connectivity index (χ1v) is 11.0. The van der Waals surface area contributed by atoms with Crippen LogP contribution in [0.1, 0.15) is 28.7 Å². The number of hydrogen-bond acceptors (Lipinski definition) is 4. The molecule has 5 rings (SSSR count). The van der Waals surface area contributed by atoms with Crippen LogP contribution >= 0.6 is 0 Å². The first kappa shape index (κ1) is 19.9. The van der Waals surface area contributed by atoms with Gasteiger partial charge in [-0.3, -0.25) is 9.80 Å². The molecule has 5 heteroatoms. The Morgan fingerprint density at radius 2 is 1.94 bits per heavy atom. The van der Waals surface area contributed by atoms with Crippen molar-refractivity contribution in [2.45, 2.75) is 19.9 Å². The molecule has 3 N–H and O–H groups in total. The summed E-state index contributed by atoms with van der Waals surface area (Å²) in [5, 5.41) is 14.3. The van der Waals surface area contributed by atoms with Gasteiger partial charge in [0.1, 0.15) is 11.6 Å². The summed E-state index contributed by atoms with van der Waals surface area (Å²) < 4.78 is 0. The van der Waals surface area contributed by atoms with Gasteiger partial charge in [-0.15, -0.1) is 0 Å². The van der Waals surface area contributed by atoms with E-state index in [0.29, 0.717) is 5.75 Å². The van der Waals surface area contributed by atoms with Gasteiger partial charge in [0.25, 0.3) is 0 Å². The number of nitrogens with zero attached hydrogens (tertiary/aromatic N) is 2. The Hall–Kier alpha value is -3.02. The minimum atomic E-state index is 0.380. The van der Waals surface area contributed by atoms with Crippen molar-refractivity contribution in [1.29, 1.82) is 0 Å². The van der Waals surface area contributed by atoms with Crippen LogP contribution in [-0.4, -0.2) is 53.2 Å². The number of hydrogen-bond donors (Lipinski definition) is 3. The van der Waals surface area contributed by atoms with E-state index < -0.39 is 0 Å². The predicted molar refractivity (Wildman–Crippen MR) is 128 cm³/mol. The number of H-pyrrole nitrogens is 1. The summed E-state index contributed by atoms with van der Waals surface area (Å²) >= 11 is 0. The molecule has 0 spiro atoms. The van der Waals surface area contributed by atoms with Crippen LogP contribution in [0.2, 0.25) is 0 Å². The fraction of sp³-hybridized carbons (Fsp3) is 0.308. The monoisotopic (exact) mass is 414 g/mol. The molecular formula is C26H30N4O. The average Bonchev–Trinajstić information content (AvgIpc) is 3.19. The number of aromatic amines is 1. The number of aryl methyl sites for hydroxylation is 1. The van der Waals surface area contributed by atoms with Crippen molar-refractivity contribution >= 4 is 17.5 Å². The number of anilines is 1. The number of aromatic nitrogens is 1. The van der Waals surface area contributed by atoms with Gasteiger partial charge in [0.2, 0.25) is 0 Å². The van der Waals surface area contributed by atoms with Gasteiger partial charge < -0.3 is 15.4 Å². The Morgan fingerprint density at radius 1 is 1.06 bits per heavy atom. The highest BCUT2D eigenvalue weighted by Gasteiger charge is 2.20. The first-order valence-electron chi connectivity index (χ1n) is 11.0. The second kappa shape index (κ2) is 8.25. The van der Waals surface area contributed by atoms with Crippen molar-refractivity contribution in [2.24, 2.45) is 0 Å². The van der Waals surface area contributed by atoms with Gasteiger partial charge in [0.05, 0.1) is 6.67 Å². The summed E-state index contributed by atoms with van der Waals surface area (Å²) in [6.07, 6.45) is 5.50. The third kappa shape index (κ3) is 3.99. The van der Waals surface area contributed by atoms with Gasteiger partial charge in [-0.25, -0.2) is 0 Å². The third-order valence-electron chi connectivity index (χ3n) is 6.44. The predicted octanol–water partition coefficient (Wildman–Crippen LogP) is 4.76. The molecule has 2 aromatic carbocycles. The zero-order valence-corrected chi connectivity index (χ0v) is 18.3. The maximum Gasteiger partial charge on any atom is 0.120 e. The number of fused-ring (bicyclic) bond motifs is 1. The molecular weight excluding hydrogens is 384 g/mol. The summed E-state index contributed by atoms with van der Waals surface area (Å²) in [7, 11) is 2.15. The highest BCUT2D eigenvalue weighted by Crippen LogP contribution is 2.37. The summed E-state index contributed by atoms with van der Waals surface area (Å²) in [5.41, 5.74) is 8.11. The van der Waals surface area contributed by atoms with Crippen LogP contribution in [0.15, 0.2) is 48.7 Å². The number of benzene rings is 2. The first-order chi connectivity index (χ1) is 15.1. The van der Waals surface area contributed by atoms with Crippen LogP contribution in [0.5, 0.6) is 5.75 Å². The largest absolute Gasteiger partial charge is 0.508 e. The zero-order chi connectivity index (χ0) is 21.4. The minimum Gasteiger partial charge on any atom is -0.508 e. The number of phenols is 1. The van der Waals surface area contributed by atoms with Crippen LogP contribution < -0.4 is 5.32 Å². The molecule has 0 atom stereocenters. The molecule has 0 saturated carbocycles. The lowest BCUT2D eigenvalue weighted by atomic mass is 9.94. The van der Waals surface area contributed by atoms with E-state index in [1.54, 1.807) is 0 Å². The molecule has 31 heavy (non-hydrogen) atoms. The molecule has 1 aromatic heterocycles. The van der Waals surface area contributed by atoms with E-state index in [-0.39, 0.29) is 0 Å². The Bertz CT molecular complexity index is 1130. The van der Waals surface area contributed by atoms with Crippen molar-refractivity contribution in [2.75, 3.05) is 38.7 Å². The summed E-state index contributed by atoms with van der Waals surface area (Å²) in [6, 6.07) is 14.6. The quantitative estimate of drug-likeness (QED) is 0.576. The Morgan fingerprint density at radius 3 is 2.74 bits per heavy atom. The molecule has 0 radical (unpaired) electrons. The van der Waals surface area contributed by atoms with Crippen molar-refractivity contribution in [3.63, 3.8) is 0 Å². The molecule has 1 saturated heterocycles. The summed E-state index contributed by atoms with van der Waals surface area (Å²) in [4.78, 5) is 8.10.